The molecule has 6 heteroatoms. The number of rotatable bonds is 61. The molecular formula is C71H126O6. The third-order valence-electron chi connectivity index (χ3n) is 14.7. The summed E-state index contributed by atoms with van der Waals surface area (Å²) in [6.07, 6.45) is 85.3. The second kappa shape index (κ2) is 65.4. The Morgan fingerprint density at radius 2 is 0.506 bits per heavy atom. The van der Waals surface area contributed by atoms with Gasteiger partial charge in [-0.25, -0.2) is 0 Å². The summed E-state index contributed by atoms with van der Waals surface area (Å²) in [7, 11) is 0. The van der Waals surface area contributed by atoms with E-state index in [1.54, 1.807) is 0 Å². The van der Waals surface area contributed by atoms with Crippen LogP contribution in [-0.4, -0.2) is 37.2 Å². The molecule has 0 N–H and O–H groups in total. The largest absolute Gasteiger partial charge is 0.462 e. The van der Waals surface area contributed by atoms with Crippen LogP contribution in [0.5, 0.6) is 0 Å². The fraction of sp³-hybridized carbons (Fsp3) is 0.789. The molecule has 446 valence electrons. The van der Waals surface area contributed by atoms with Crippen molar-refractivity contribution in [3.63, 3.8) is 0 Å². The Labute approximate surface area is 478 Å². The molecule has 1 atom stereocenters. The first-order valence-electron chi connectivity index (χ1n) is 33.4. The minimum atomic E-state index is -0.813. The summed E-state index contributed by atoms with van der Waals surface area (Å²) < 4.78 is 16.8. The van der Waals surface area contributed by atoms with Crippen LogP contribution in [0.1, 0.15) is 342 Å². The Balaban J connectivity index is 4.19. The number of carbonyl (C=O) groups is 3. The molecule has 0 aromatic heterocycles. The molecular weight excluding hydrogens is 949 g/mol. The standard InChI is InChI=1S/C71H126O6/c1-4-7-10-13-16-19-22-24-26-28-30-31-32-33-34-35-36-37-38-39-40-42-43-45-47-49-52-55-58-61-64-70(73)76-67-68(66-75-69(72)63-60-57-54-51-21-18-15-12-9-6-3)77-71(74)65-62-59-56-53-50-48-46-44-41-29-27-25-23-20-17-14-11-8-5-2/h8,11,17,20,25,27,41,44,48,50,56,59,68H,4-7,9-10,12-16,18-19,21-24,26,28-40,42-43,45-47,49,51-55,57-58,60-67H2,1-3H3/b11-8-,20-17-,27-25-,44-41-,50-48-,59-56-. The maximum atomic E-state index is 12.8. The quantitative estimate of drug-likeness (QED) is 0.0261. The molecule has 0 aliphatic carbocycles. The minimum absolute atomic E-state index is 0.102. The van der Waals surface area contributed by atoms with Crippen molar-refractivity contribution in [2.75, 3.05) is 13.2 Å². The molecule has 6 nitrogen and oxygen atoms in total. The first kappa shape index (κ1) is 73.8. The summed E-state index contributed by atoms with van der Waals surface area (Å²) in [5.74, 6) is -0.973. The lowest BCUT2D eigenvalue weighted by atomic mass is 10.0. The Hall–Kier alpha value is -3.15. The van der Waals surface area contributed by atoms with Gasteiger partial charge in [-0.1, -0.05) is 338 Å². The van der Waals surface area contributed by atoms with E-state index in [-0.39, 0.29) is 37.5 Å². The van der Waals surface area contributed by atoms with Crippen LogP contribution in [0.3, 0.4) is 0 Å². The summed E-state index contributed by atoms with van der Waals surface area (Å²) in [5.41, 5.74) is 0. The molecule has 0 saturated heterocycles. The summed E-state index contributed by atoms with van der Waals surface area (Å²) >= 11 is 0. The summed E-state index contributed by atoms with van der Waals surface area (Å²) in [5, 5.41) is 0. The van der Waals surface area contributed by atoms with Crippen LogP contribution in [0.4, 0.5) is 0 Å². The average Bonchev–Trinajstić information content (AvgIpc) is 3.43. The lowest BCUT2D eigenvalue weighted by Crippen LogP contribution is -2.30. The van der Waals surface area contributed by atoms with E-state index in [2.05, 4.69) is 87.6 Å². The fourth-order valence-corrected chi connectivity index (χ4v) is 9.77. The van der Waals surface area contributed by atoms with Crippen LogP contribution < -0.4 is 0 Å². The van der Waals surface area contributed by atoms with Gasteiger partial charge in [0.25, 0.3) is 0 Å². The van der Waals surface area contributed by atoms with E-state index in [9.17, 15) is 14.4 Å². The number of carbonyl (C=O) groups excluding carboxylic acids is 3. The number of ether oxygens (including phenoxy) is 3. The van der Waals surface area contributed by atoms with Crippen molar-refractivity contribution < 1.29 is 28.6 Å². The molecule has 0 saturated carbocycles. The number of allylic oxidation sites excluding steroid dienone is 12. The van der Waals surface area contributed by atoms with Crippen molar-refractivity contribution in [1.29, 1.82) is 0 Å². The summed E-state index contributed by atoms with van der Waals surface area (Å²) in [6, 6.07) is 0. The second-order valence-electron chi connectivity index (χ2n) is 22.4. The van der Waals surface area contributed by atoms with Crippen molar-refractivity contribution in [2.45, 2.75) is 348 Å². The van der Waals surface area contributed by atoms with Crippen LogP contribution in [0.25, 0.3) is 0 Å². The fourth-order valence-electron chi connectivity index (χ4n) is 9.77. The number of esters is 3. The van der Waals surface area contributed by atoms with Crippen LogP contribution >= 0.6 is 0 Å². The van der Waals surface area contributed by atoms with E-state index < -0.39 is 6.10 Å². The van der Waals surface area contributed by atoms with Gasteiger partial charge in [-0.2, -0.15) is 0 Å². The van der Waals surface area contributed by atoms with Crippen molar-refractivity contribution in [2.24, 2.45) is 0 Å². The molecule has 0 radical (unpaired) electrons. The van der Waals surface area contributed by atoms with E-state index in [1.165, 1.54) is 218 Å². The molecule has 77 heavy (non-hydrogen) atoms. The highest BCUT2D eigenvalue weighted by atomic mass is 16.6. The van der Waals surface area contributed by atoms with E-state index >= 15 is 0 Å². The van der Waals surface area contributed by atoms with Crippen LogP contribution in [0.2, 0.25) is 0 Å². The van der Waals surface area contributed by atoms with Gasteiger partial charge in [-0.15, -0.1) is 0 Å². The zero-order valence-electron chi connectivity index (χ0n) is 51.2. The van der Waals surface area contributed by atoms with E-state index in [0.717, 1.165) is 77.0 Å². The van der Waals surface area contributed by atoms with Gasteiger partial charge in [0.15, 0.2) is 6.10 Å². The van der Waals surface area contributed by atoms with Crippen molar-refractivity contribution in [3.8, 4) is 0 Å². The minimum Gasteiger partial charge on any atom is -0.462 e. The van der Waals surface area contributed by atoms with Crippen LogP contribution in [0.15, 0.2) is 72.9 Å². The zero-order valence-corrected chi connectivity index (χ0v) is 51.2. The molecule has 0 aliphatic rings. The molecule has 0 fully saturated rings. The van der Waals surface area contributed by atoms with E-state index in [1.807, 2.05) is 6.08 Å². The van der Waals surface area contributed by atoms with Crippen LogP contribution in [0, 0.1) is 0 Å². The summed E-state index contributed by atoms with van der Waals surface area (Å²) in [4.78, 5) is 38.2. The SMILES string of the molecule is CC/C=C\C/C=C\C/C=C\C/C=C\C/C=C\C/C=C\CCC(=O)OC(COC(=O)CCCCCCCCCCCC)COC(=O)CCCCCCCCCCCCCCCCCCCCCCCCCCCCCCCC. The second-order valence-corrected chi connectivity index (χ2v) is 22.4. The van der Waals surface area contributed by atoms with Gasteiger partial charge < -0.3 is 14.2 Å². The number of unbranched alkanes of at least 4 members (excludes halogenated alkanes) is 38. The molecule has 0 amide bonds. The Morgan fingerprint density at radius 3 is 0.766 bits per heavy atom. The molecule has 0 bridgehead atoms. The van der Waals surface area contributed by atoms with Crippen molar-refractivity contribution >= 4 is 17.9 Å². The first-order valence-corrected chi connectivity index (χ1v) is 33.4. The van der Waals surface area contributed by atoms with E-state index in [4.69, 9.17) is 14.2 Å². The molecule has 0 spiro atoms. The third kappa shape index (κ3) is 63.6. The molecule has 0 rings (SSSR count). The maximum absolute atomic E-state index is 12.8. The predicted molar refractivity (Wildman–Crippen MR) is 335 cm³/mol. The zero-order chi connectivity index (χ0) is 55.7. The van der Waals surface area contributed by atoms with Gasteiger partial charge >= 0.3 is 17.9 Å². The predicted octanol–water partition coefficient (Wildman–Crippen LogP) is 22.9. The lowest BCUT2D eigenvalue weighted by molar-refractivity contribution is -0.166. The Morgan fingerprint density at radius 1 is 0.273 bits per heavy atom. The normalized spacial score (nSPS) is 12.5. The molecule has 0 aliphatic heterocycles. The Kier molecular flexibility index (Phi) is 62.7. The molecule has 0 heterocycles. The molecule has 0 aromatic rings. The van der Waals surface area contributed by atoms with Crippen molar-refractivity contribution in [1.82, 2.24) is 0 Å². The van der Waals surface area contributed by atoms with Gasteiger partial charge in [-0.05, 0) is 57.8 Å². The van der Waals surface area contributed by atoms with E-state index in [0.29, 0.717) is 19.3 Å². The Bertz CT molecular complexity index is 1420. The monoisotopic (exact) mass is 1070 g/mol. The molecule has 1 unspecified atom stereocenters. The first-order chi connectivity index (χ1) is 38.0. The van der Waals surface area contributed by atoms with Gasteiger partial charge in [0, 0.05) is 19.3 Å². The van der Waals surface area contributed by atoms with Gasteiger partial charge in [-0.3, -0.25) is 14.4 Å². The van der Waals surface area contributed by atoms with Crippen LogP contribution in [-0.2, 0) is 28.6 Å². The molecule has 0 aromatic carbocycles. The van der Waals surface area contributed by atoms with Crippen molar-refractivity contribution in [3.05, 3.63) is 72.9 Å². The lowest BCUT2D eigenvalue weighted by Gasteiger charge is -2.18. The highest BCUT2D eigenvalue weighted by Crippen LogP contribution is 2.18. The highest BCUT2D eigenvalue weighted by Gasteiger charge is 2.19. The van der Waals surface area contributed by atoms with Gasteiger partial charge in [0.1, 0.15) is 13.2 Å². The maximum Gasteiger partial charge on any atom is 0.306 e. The highest BCUT2D eigenvalue weighted by molar-refractivity contribution is 5.71. The average molecular weight is 1080 g/mol. The topological polar surface area (TPSA) is 78.9 Å². The van der Waals surface area contributed by atoms with Gasteiger partial charge in [0.05, 0.1) is 0 Å². The summed E-state index contributed by atoms with van der Waals surface area (Å²) in [6.45, 7) is 6.49. The third-order valence-corrected chi connectivity index (χ3v) is 14.7. The number of hydrogen-bond acceptors (Lipinski definition) is 6. The number of hydrogen-bond donors (Lipinski definition) is 0. The van der Waals surface area contributed by atoms with Gasteiger partial charge in [0.2, 0.25) is 0 Å². The smallest absolute Gasteiger partial charge is 0.306 e.